The molecule has 0 saturated heterocycles. The summed E-state index contributed by atoms with van der Waals surface area (Å²) < 4.78 is 39.3. The molecule has 7 nitrogen and oxygen atoms in total. The predicted molar refractivity (Wildman–Crippen MR) is 88.8 cm³/mol. The van der Waals surface area contributed by atoms with Crippen molar-refractivity contribution in [1.29, 1.82) is 0 Å². The number of aromatic nitrogens is 4. The Morgan fingerprint density at radius 3 is 2.46 bits per heavy atom. The highest BCUT2D eigenvalue weighted by Crippen LogP contribution is 2.28. The molecule has 0 bridgehead atoms. The first-order valence-corrected chi connectivity index (χ1v) is 7.41. The number of benzene rings is 1. The Labute approximate surface area is 145 Å². The Bertz CT molecular complexity index is 972. The van der Waals surface area contributed by atoms with Gasteiger partial charge < -0.3 is 15.6 Å². The summed E-state index contributed by atoms with van der Waals surface area (Å²) in [5, 5.41) is 2.91. The van der Waals surface area contributed by atoms with E-state index < -0.39 is 17.3 Å². The molecule has 3 N–H and O–H groups in total. The van der Waals surface area contributed by atoms with Crippen molar-refractivity contribution in [3.05, 3.63) is 70.4 Å². The van der Waals surface area contributed by atoms with E-state index in [1.807, 2.05) is 6.07 Å². The lowest BCUT2D eigenvalue weighted by Crippen LogP contribution is -2.23. The molecule has 0 saturated carbocycles. The van der Waals surface area contributed by atoms with E-state index in [4.69, 9.17) is 5.73 Å². The topological polar surface area (TPSA) is 98.7 Å². The molecular formula is C16H13F3N6O. The maximum atomic E-state index is 12.8. The average Bonchev–Trinajstić information content (AvgIpc) is 2.56. The van der Waals surface area contributed by atoms with Crippen LogP contribution < -0.4 is 16.6 Å². The SMILES string of the molecule is Nc1nc(Cn2cc(C(F)(F)F)ccc2=O)nc(Nc2ccccc2)n1. The molecule has 0 fully saturated rings. The molecular weight excluding hydrogens is 349 g/mol. The van der Waals surface area contributed by atoms with Crippen LogP contribution in [0.5, 0.6) is 0 Å². The number of nitrogens with zero attached hydrogens (tertiary/aromatic N) is 4. The summed E-state index contributed by atoms with van der Waals surface area (Å²) >= 11 is 0. The summed E-state index contributed by atoms with van der Waals surface area (Å²) in [4.78, 5) is 23.7. The Hall–Kier alpha value is -3.43. The van der Waals surface area contributed by atoms with Gasteiger partial charge in [0.05, 0.1) is 12.1 Å². The van der Waals surface area contributed by atoms with E-state index >= 15 is 0 Å². The molecule has 0 aliphatic heterocycles. The summed E-state index contributed by atoms with van der Waals surface area (Å²) in [7, 11) is 0. The van der Waals surface area contributed by atoms with Crippen LogP contribution in [0.1, 0.15) is 11.4 Å². The van der Waals surface area contributed by atoms with E-state index in [1.165, 1.54) is 0 Å². The number of nitrogens with two attached hydrogens (primary N) is 1. The van der Waals surface area contributed by atoms with Crippen LogP contribution in [0.2, 0.25) is 0 Å². The van der Waals surface area contributed by atoms with Crippen molar-refractivity contribution in [3.8, 4) is 0 Å². The quantitative estimate of drug-likeness (QED) is 0.740. The van der Waals surface area contributed by atoms with Crippen molar-refractivity contribution in [2.24, 2.45) is 0 Å². The van der Waals surface area contributed by atoms with Crippen LogP contribution in [-0.4, -0.2) is 19.5 Å². The third kappa shape index (κ3) is 4.15. The summed E-state index contributed by atoms with van der Waals surface area (Å²) in [5.74, 6) is 0.0598. The molecule has 2 aromatic heterocycles. The molecule has 3 aromatic rings. The predicted octanol–water partition coefficient (Wildman–Crippen LogP) is 2.43. The van der Waals surface area contributed by atoms with Crippen molar-refractivity contribution in [1.82, 2.24) is 19.5 Å². The Morgan fingerprint density at radius 2 is 1.77 bits per heavy atom. The van der Waals surface area contributed by atoms with Gasteiger partial charge in [0.2, 0.25) is 11.9 Å². The van der Waals surface area contributed by atoms with Crippen molar-refractivity contribution in [3.63, 3.8) is 0 Å². The van der Waals surface area contributed by atoms with Gasteiger partial charge in [-0.25, -0.2) is 0 Å². The minimum Gasteiger partial charge on any atom is -0.368 e. The summed E-state index contributed by atoms with van der Waals surface area (Å²) in [6.45, 7) is -0.279. The highest BCUT2D eigenvalue weighted by atomic mass is 19.4. The van der Waals surface area contributed by atoms with Gasteiger partial charge in [-0.2, -0.15) is 28.1 Å². The molecule has 0 spiro atoms. The molecule has 0 atom stereocenters. The number of anilines is 3. The fourth-order valence-corrected chi connectivity index (χ4v) is 2.19. The fraction of sp³-hybridized carbons (Fsp3) is 0.125. The van der Waals surface area contributed by atoms with E-state index in [2.05, 4.69) is 20.3 Å². The zero-order valence-corrected chi connectivity index (χ0v) is 13.2. The maximum absolute atomic E-state index is 12.8. The summed E-state index contributed by atoms with van der Waals surface area (Å²) in [6.07, 6.45) is -3.85. The number of alkyl halides is 3. The van der Waals surface area contributed by atoms with Crippen molar-refractivity contribution >= 4 is 17.6 Å². The third-order valence-corrected chi connectivity index (χ3v) is 3.35. The molecule has 0 radical (unpaired) electrons. The standard InChI is InChI=1S/C16H13F3N6O/c17-16(18,19)10-6-7-13(26)25(8-10)9-12-22-14(20)24-15(23-12)21-11-4-2-1-3-5-11/h1-8H,9H2,(H3,20,21,22,23,24). The zero-order valence-electron chi connectivity index (χ0n) is 13.2. The van der Waals surface area contributed by atoms with Crippen LogP contribution in [0, 0.1) is 0 Å². The number of nitrogens with one attached hydrogen (secondary N) is 1. The molecule has 134 valence electrons. The van der Waals surface area contributed by atoms with Crippen LogP contribution in [0.25, 0.3) is 0 Å². The van der Waals surface area contributed by atoms with Gasteiger partial charge in [-0.1, -0.05) is 18.2 Å². The second-order valence-electron chi connectivity index (χ2n) is 5.31. The van der Waals surface area contributed by atoms with Crippen LogP contribution in [-0.2, 0) is 12.7 Å². The number of rotatable bonds is 4. The Kier molecular flexibility index (Phi) is 4.57. The Morgan fingerprint density at radius 1 is 1.04 bits per heavy atom. The van der Waals surface area contributed by atoms with Crippen molar-refractivity contribution < 1.29 is 13.2 Å². The van der Waals surface area contributed by atoms with Crippen molar-refractivity contribution in [2.75, 3.05) is 11.1 Å². The molecule has 0 amide bonds. The molecule has 2 heterocycles. The van der Waals surface area contributed by atoms with Gasteiger partial charge in [0.1, 0.15) is 0 Å². The molecule has 0 unspecified atom stereocenters. The van der Waals surface area contributed by atoms with Gasteiger partial charge in [-0.3, -0.25) is 4.79 Å². The number of para-hydroxylation sites is 1. The zero-order chi connectivity index (χ0) is 18.7. The normalized spacial score (nSPS) is 11.3. The number of hydrogen-bond donors (Lipinski definition) is 2. The second-order valence-corrected chi connectivity index (χ2v) is 5.31. The molecule has 1 aromatic carbocycles. The number of pyridine rings is 1. The van der Waals surface area contributed by atoms with Gasteiger partial charge in [0.15, 0.2) is 5.82 Å². The van der Waals surface area contributed by atoms with Crippen LogP contribution in [0.15, 0.2) is 53.5 Å². The third-order valence-electron chi connectivity index (χ3n) is 3.35. The highest BCUT2D eigenvalue weighted by molar-refractivity contribution is 5.53. The van der Waals surface area contributed by atoms with Crippen molar-refractivity contribution in [2.45, 2.75) is 12.7 Å². The lowest BCUT2D eigenvalue weighted by Gasteiger charge is -2.11. The van der Waals surface area contributed by atoms with Gasteiger partial charge >= 0.3 is 6.18 Å². The Balaban J connectivity index is 1.90. The molecule has 0 aliphatic rings. The lowest BCUT2D eigenvalue weighted by atomic mass is 10.3. The smallest absolute Gasteiger partial charge is 0.368 e. The molecule has 0 aliphatic carbocycles. The van der Waals surface area contributed by atoms with E-state index in [0.29, 0.717) is 11.9 Å². The maximum Gasteiger partial charge on any atom is 0.417 e. The highest BCUT2D eigenvalue weighted by Gasteiger charge is 2.31. The van der Waals surface area contributed by atoms with Gasteiger partial charge in [-0.05, 0) is 18.2 Å². The van der Waals surface area contributed by atoms with E-state index in [1.54, 1.807) is 24.3 Å². The number of nitrogen functional groups attached to an aromatic ring is 1. The van der Waals surface area contributed by atoms with E-state index in [9.17, 15) is 18.0 Å². The fourth-order valence-electron chi connectivity index (χ4n) is 2.19. The minimum absolute atomic E-state index is 0.0531. The minimum atomic E-state index is -4.56. The first kappa shape index (κ1) is 17.4. The van der Waals surface area contributed by atoms with Crippen LogP contribution in [0.3, 0.4) is 0 Å². The average molecular weight is 362 g/mol. The molecule has 3 rings (SSSR count). The summed E-state index contributed by atoms with van der Waals surface area (Å²) in [5.41, 5.74) is 4.77. The van der Waals surface area contributed by atoms with E-state index in [-0.39, 0.29) is 24.3 Å². The molecule has 26 heavy (non-hydrogen) atoms. The summed E-state index contributed by atoms with van der Waals surface area (Å²) in [6, 6.07) is 10.6. The first-order chi connectivity index (χ1) is 12.3. The molecule has 10 heteroatoms. The monoisotopic (exact) mass is 362 g/mol. The number of halogens is 3. The lowest BCUT2D eigenvalue weighted by molar-refractivity contribution is -0.138. The van der Waals surface area contributed by atoms with Gasteiger partial charge in [0, 0.05) is 18.0 Å². The van der Waals surface area contributed by atoms with Gasteiger partial charge in [0.25, 0.3) is 5.56 Å². The van der Waals surface area contributed by atoms with Gasteiger partial charge in [-0.15, -0.1) is 0 Å². The van der Waals surface area contributed by atoms with Crippen LogP contribution in [0.4, 0.5) is 30.8 Å². The second kappa shape index (κ2) is 6.82. The number of hydrogen-bond acceptors (Lipinski definition) is 6. The van der Waals surface area contributed by atoms with Crippen LogP contribution >= 0.6 is 0 Å². The first-order valence-electron chi connectivity index (χ1n) is 7.41. The largest absolute Gasteiger partial charge is 0.417 e. The van der Waals surface area contributed by atoms with E-state index in [0.717, 1.165) is 16.7 Å².